The van der Waals surface area contributed by atoms with Crippen LogP contribution in [0.15, 0.2) is 41.1 Å². The summed E-state index contributed by atoms with van der Waals surface area (Å²) >= 11 is 0. The van der Waals surface area contributed by atoms with Crippen molar-refractivity contribution < 1.29 is 23.4 Å². The van der Waals surface area contributed by atoms with Crippen molar-refractivity contribution in [2.45, 2.75) is 6.92 Å². The Balaban J connectivity index is 1.86. The van der Waals surface area contributed by atoms with E-state index >= 15 is 0 Å². The maximum absolute atomic E-state index is 14.3. The van der Waals surface area contributed by atoms with E-state index in [0.717, 1.165) is 5.56 Å². The Morgan fingerprint density at radius 2 is 2.19 bits per heavy atom. The number of carbonyl (C=O) groups is 1. The second kappa shape index (κ2) is 8.61. The van der Waals surface area contributed by atoms with E-state index in [9.17, 15) is 9.18 Å². The number of hydrogen-bond donors (Lipinski definition) is 3. The summed E-state index contributed by atoms with van der Waals surface area (Å²) in [6, 6.07) is 6.41. The molecule has 0 saturated carbocycles. The molecule has 1 amide bonds. The lowest BCUT2D eigenvalue weighted by Gasteiger charge is -2.09. The Hall–Kier alpha value is -2.97. The van der Waals surface area contributed by atoms with E-state index in [2.05, 4.69) is 15.6 Å². The third-order valence-corrected chi connectivity index (χ3v) is 3.85. The van der Waals surface area contributed by atoms with E-state index in [1.807, 2.05) is 0 Å². The standard InChI is InChI=1S/C19H20FN3O4/c1-12-2-3-15(14(20)10-12)23-17-13-11-21-5-4-16(13)27-18(17)19(25)22-6-8-26-9-7-24/h2-5,10-11,23-24H,6-9H2,1H3,(H,22,25). The first-order valence-corrected chi connectivity index (χ1v) is 8.46. The molecule has 0 spiro atoms. The van der Waals surface area contributed by atoms with Crippen molar-refractivity contribution in [2.24, 2.45) is 0 Å². The number of ether oxygens (including phenoxy) is 1. The highest BCUT2D eigenvalue weighted by Crippen LogP contribution is 2.33. The fourth-order valence-corrected chi connectivity index (χ4v) is 2.57. The minimum absolute atomic E-state index is 0.0279. The molecule has 0 aliphatic heterocycles. The summed E-state index contributed by atoms with van der Waals surface area (Å²) in [6.07, 6.45) is 3.10. The fourth-order valence-electron chi connectivity index (χ4n) is 2.57. The summed E-state index contributed by atoms with van der Waals surface area (Å²) in [5, 5.41) is 14.9. The number of carbonyl (C=O) groups excluding carboxylic acids is 1. The van der Waals surface area contributed by atoms with Gasteiger partial charge in [0, 0.05) is 18.9 Å². The Bertz CT molecular complexity index is 942. The normalized spacial score (nSPS) is 10.9. The number of nitrogens with zero attached hydrogens (tertiary/aromatic N) is 1. The molecule has 3 aromatic rings. The van der Waals surface area contributed by atoms with Crippen molar-refractivity contribution in [3.05, 3.63) is 53.8 Å². The summed E-state index contributed by atoms with van der Waals surface area (Å²) < 4.78 is 25.0. The smallest absolute Gasteiger partial charge is 0.289 e. The third-order valence-electron chi connectivity index (χ3n) is 3.85. The highest BCUT2D eigenvalue weighted by molar-refractivity contribution is 6.07. The van der Waals surface area contributed by atoms with Gasteiger partial charge in [0.05, 0.1) is 30.9 Å². The van der Waals surface area contributed by atoms with Gasteiger partial charge in [-0.05, 0) is 30.7 Å². The monoisotopic (exact) mass is 373 g/mol. The molecule has 3 N–H and O–H groups in total. The van der Waals surface area contributed by atoms with Crippen LogP contribution in [0.2, 0.25) is 0 Å². The third kappa shape index (κ3) is 4.42. The number of aliphatic hydroxyl groups excluding tert-OH is 1. The zero-order valence-electron chi connectivity index (χ0n) is 14.8. The van der Waals surface area contributed by atoms with Gasteiger partial charge >= 0.3 is 0 Å². The largest absolute Gasteiger partial charge is 0.448 e. The minimum Gasteiger partial charge on any atom is -0.448 e. The highest BCUT2D eigenvalue weighted by Gasteiger charge is 2.21. The van der Waals surface area contributed by atoms with Gasteiger partial charge in [0.2, 0.25) is 5.76 Å². The van der Waals surface area contributed by atoms with Crippen LogP contribution in [-0.4, -0.2) is 42.4 Å². The number of furan rings is 1. The average Bonchev–Trinajstić information content (AvgIpc) is 3.02. The zero-order valence-corrected chi connectivity index (χ0v) is 14.8. The Labute approximate surface area is 155 Å². The summed E-state index contributed by atoms with van der Waals surface area (Å²) in [6.45, 7) is 2.41. The first-order valence-electron chi connectivity index (χ1n) is 8.46. The van der Waals surface area contributed by atoms with Crippen LogP contribution >= 0.6 is 0 Å². The molecular formula is C19H20FN3O4. The first kappa shape index (κ1) is 18.8. The molecule has 3 rings (SSSR count). The predicted molar refractivity (Wildman–Crippen MR) is 98.7 cm³/mol. The van der Waals surface area contributed by atoms with E-state index in [1.54, 1.807) is 37.5 Å². The fraction of sp³-hybridized carbons (Fsp3) is 0.263. The molecule has 2 heterocycles. The lowest BCUT2D eigenvalue weighted by atomic mass is 10.2. The summed E-state index contributed by atoms with van der Waals surface area (Å²) in [4.78, 5) is 16.6. The molecular weight excluding hydrogens is 353 g/mol. The maximum Gasteiger partial charge on any atom is 0.289 e. The molecule has 2 aromatic heterocycles. The second-order valence-corrected chi connectivity index (χ2v) is 5.88. The van der Waals surface area contributed by atoms with Crippen molar-refractivity contribution in [2.75, 3.05) is 31.7 Å². The molecule has 0 atom stereocenters. The van der Waals surface area contributed by atoms with Crippen molar-refractivity contribution in [3.63, 3.8) is 0 Å². The van der Waals surface area contributed by atoms with Crippen molar-refractivity contribution in [1.29, 1.82) is 0 Å². The highest BCUT2D eigenvalue weighted by atomic mass is 19.1. The van der Waals surface area contributed by atoms with Gasteiger partial charge in [0.15, 0.2) is 0 Å². The second-order valence-electron chi connectivity index (χ2n) is 5.88. The van der Waals surface area contributed by atoms with Gasteiger partial charge in [-0.1, -0.05) is 6.07 Å². The summed E-state index contributed by atoms with van der Waals surface area (Å²) in [5.41, 5.74) is 1.82. The van der Waals surface area contributed by atoms with Crippen LogP contribution < -0.4 is 10.6 Å². The van der Waals surface area contributed by atoms with Gasteiger partial charge in [-0.2, -0.15) is 0 Å². The Kier molecular flexibility index (Phi) is 6.00. The van der Waals surface area contributed by atoms with E-state index in [-0.39, 0.29) is 37.8 Å². The molecule has 7 nitrogen and oxygen atoms in total. The number of nitrogens with one attached hydrogen (secondary N) is 2. The molecule has 27 heavy (non-hydrogen) atoms. The average molecular weight is 373 g/mol. The van der Waals surface area contributed by atoms with Gasteiger partial charge in [-0.25, -0.2) is 4.39 Å². The Morgan fingerprint density at radius 3 is 2.96 bits per heavy atom. The van der Waals surface area contributed by atoms with Crippen LogP contribution in [-0.2, 0) is 4.74 Å². The number of aromatic nitrogens is 1. The van der Waals surface area contributed by atoms with Gasteiger partial charge < -0.3 is 24.9 Å². The van der Waals surface area contributed by atoms with Crippen molar-refractivity contribution >= 4 is 28.3 Å². The van der Waals surface area contributed by atoms with Gasteiger partial charge in [0.1, 0.15) is 17.1 Å². The van der Waals surface area contributed by atoms with Gasteiger partial charge in [-0.3, -0.25) is 9.78 Å². The summed E-state index contributed by atoms with van der Waals surface area (Å²) in [7, 11) is 0. The number of aliphatic hydroxyl groups is 1. The van der Waals surface area contributed by atoms with Crippen molar-refractivity contribution in [1.82, 2.24) is 10.3 Å². The SMILES string of the molecule is Cc1ccc(Nc2c(C(=O)NCCOCCO)oc3ccncc23)c(F)c1. The van der Waals surface area contributed by atoms with E-state index in [0.29, 0.717) is 16.7 Å². The lowest BCUT2D eigenvalue weighted by Crippen LogP contribution is -2.27. The van der Waals surface area contributed by atoms with Crippen LogP contribution in [0.4, 0.5) is 15.8 Å². The molecule has 1 aromatic carbocycles. The van der Waals surface area contributed by atoms with Gasteiger partial charge in [0.25, 0.3) is 5.91 Å². The molecule has 0 saturated heterocycles. The lowest BCUT2D eigenvalue weighted by molar-refractivity contribution is 0.0823. The quantitative estimate of drug-likeness (QED) is 0.526. The molecule has 0 radical (unpaired) electrons. The number of amides is 1. The van der Waals surface area contributed by atoms with E-state index in [1.165, 1.54) is 6.07 Å². The number of pyridine rings is 1. The van der Waals surface area contributed by atoms with Crippen molar-refractivity contribution in [3.8, 4) is 0 Å². The number of fused-ring (bicyclic) bond motifs is 1. The topological polar surface area (TPSA) is 96.6 Å². The number of halogens is 1. The van der Waals surface area contributed by atoms with Gasteiger partial charge in [-0.15, -0.1) is 0 Å². The van der Waals surface area contributed by atoms with Crippen LogP contribution in [0.25, 0.3) is 11.0 Å². The Morgan fingerprint density at radius 1 is 1.33 bits per heavy atom. The molecule has 8 heteroatoms. The number of anilines is 2. The minimum atomic E-state index is -0.464. The molecule has 0 aliphatic rings. The molecule has 0 unspecified atom stereocenters. The summed E-state index contributed by atoms with van der Waals surface area (Å²) in [5.74, 6) is -0.869. The van der Waals surface area contributed by atoms with Crippen LogP contribution in [0.5, 0.6) is 0 Å². The number of hydrogen-bond acceptors (Lipinski definition) is 6. The zero-order chi connectivity index (χ0) is 19.2. The molecule has 0 bridgehead atoms. The number of benzene rings is 1. The van der Waals surface area contributed by atoms with E-state index in [4.69, 9.17) is 14.3 Å². The molecule has 142 valence electrons. The molecule has 0 fully saturated rings. The van der Waals surface area contributed by atoms with Crippen LogP contribution in [0.1, 0.15) is 16.1 Å². The van der Waals surface area contributed by atoms with Crippen LogP contribution in [0, 0.1) is 12.7 Å². The maximum atomic E-state index is 14.3. The van der Waals surface area contributed by atoms with E-state index < -0.39 is 11.7 Å². The first-order chi connectivity index (χ1) is 13.1. The number of rotatable bonds is 8. The number of aryl methyl sites for hydroxylation is 1. The molecule has 0 aliphatic carbocycles. The predicted octanol–water partition coefficient (Wildman–Crippen LogP) is 2.76. The van der Waals surface area contributed by atoms with Crippen LogP contribution in [0.3, 0.4) is 0 Å².